The third-order valence-corrected chi connectivity index (χ3v) is 5.97. The fourth-order valence-electron chi connectivity index (χ4n) is 4.28. The first-order valence-corrected chi connectivity index (χ1v) is 11.6. The minimum absolute atomic E-state index is 0.333. The van der Waals surface area contributed by atoms with Crippen LogP contribution < -0.4 is 10.6 Å². The smallest absolute Gasteiger partial charge is 0.191 e. The molecule has 29 heavy (non-hydrogen) atoms. The molecule has 1 aromatic carbocycles. The largest absolute Gasteiger partial charge is 0.381 e. The summed E-state index contributed by atoms with van der Waals surface area (Å²) in [5.74, 6) is 1.88. The summed E-state index contributed by atoms with van der Waals surface area (Å²) in [7, 11) is 0. The number of benzene rings is 1. The fraction of sp³-hybridized carbons (Fsp3) is 0.708. The van der Waals surface area contributed by atoms with E-state index in [1.807, 2.05) is 0 Å². The highest BCUT2D eigenvalue weighted by atomic mass is 16.5. The van der Waals surface area contributed by atoms with Crippen molar-refractivity contribution in [1.82, 2.24) is 10.6 Å². The van der Waals surface area contributed by atoms with Gasteiger partial charge in [0, 0.05) is 26.3 Å². The molecule has 1 heterocycles. The predicted octanol–water partition coefficient (Wildman–Crippen LogP) is 4.41. The monoisotopic (exact) mass is 401 g/mol. The van der Waals surface area contributed by atoms with Crippen molar-refractivity contribution >= 4 is 5.96 Å². The quantitative estimate of drug-likeness (QED) is 0.346. The molecule has 1 saturated heterocycles. The molecule has 5 heteroatoms. The van der Waals surface area contributed by atoms with E-state index in [9.17, 15) is 0 Å². The molecule has 0 atom stereocenters. The Morgan fingerprint density at radius 3 is 2.69 bits per heavy atom. The first-order chi connectivity index (χ1) is 14.3. The van der Waals surface area contributed by atoms with Crippen LogP contribution in [0, 0.1) is 5.92 Å². The summed E-state index contributed by atoms with van der Waals surface area (Å²) in [5, 5.41) is 6.87. The number of hydrogen-bond donors (Lipinski definition) is 2. The normalized spacial score (nSPS) is 18.9. The zero-order chi connectivity index (χ0) is 20.2. The summed E-state index contributed by atoms with van der Waals surface area (Å²) >= 11 is 0. The Morgan fingerprint density at radius 1 is 1.10 bits per heavy atom. The molecule has 1 aliphatic carbocycles. The van der Waals surface area contributed by atoms with Crippen LogP contribution in [0.1, 0.15) is 69.4 Å². The molecule has 0 radical (unpaired) electrons. The Bertz CT molecular complexity index is 608. The number of nitrogens with one attached hydrogen (secondary N) is 2. The van der Waals surface area contributed by atoms with E-state index in [-0.39, 0.29) is 0 Å². The summed E-state index contributed by atoms with van der Waals surface area (Å²) in [4.78, 5) is 4.78. The maximum Gasteiger partial charge on any atom is 0.191 e. The number of ether oxygens (including phenoxy) is 2. The molecule has 2 fully saturated rings. The van der Waals surface area contributed by atoms with E-state index < -0.39 is 0 Å². The van der Waals surface area contributed by atoms with Gasteiger partial charge in [0.1, 0.15) is 0 Å². The lowest BCUT2D eigenvalue weighted by atomic mass is 10.0. The number of rotatable bonds is 10. The highest BCUT2D eigenvalue weighted by Gasteiger charge is 2.15. The molecule has 0 bridgehead atoms. The van der Waals surface area contributed by atoms with Gasteiger partial charge in [-0.2, -0.15) is 0 Å². The summed E-state index contributed by atoms with van der Waals surface area (Å²) in [6.07, 6.45) is 10.6. The molecule has 1 aliphatic heterocycles. The summed E-state index contributed by atoms with van der Waals surface area (Å²) in [5.41, 5.74) is 2.44. The molecule has 0 aromatic heterocycles. The number of nitrogens with zero attached hydrogens (tertiary/aromatic N) is 1. The van der Waals surface area contributed by atoms with Crippen LogP contribution in [0.15, 0.2) is 29.3 Å². The van der Waals surface area contributed by atoms with Crippen LogP contribution >= 0.6 is 0 Å². The van der Waals surface area contributed by atoms with Crippen molar-refractivity contribution in [3.8, 4) is 0 Å². The van der Waals surface area contributed by atoms with Crippen LogP contribution in [0.25, 0.3) is 0 Å². The molecule has 0 unspecified atom stereocenters. The van der Waals surface area contributed by atoms with Gasteiger partial charge in [-0.1, -0.05) is 49.9 Å². The molecule has 0 spiro atoms. The van der Waals surface area contributed by atoms with Gasteiger partial charge in [-0.25, -0.2) is 4.99 Å². The van der Waals surface area contributed by atoms with Crippen molar-refractivity contribution < 1.29 is 9.47 Å². The Morgan fingerprint density at radius 2 is 1.90 bits per heavy atom. The lowest BCUT2D eigenvalue weighted by molar-refractivity contribution is -0.0390. The molecule has 1 aromatic rings. The average molecular weight is 402 g/mol. The van der Waals surface area contributed by atoms with Crippen molar-refractivity contribution in [2.45, 2.75) is 77.5 Å². The highest BCUT2D eigenvalue weighted by Crippen LogP contribution is 2.28. The molecule has 1 saturated carbocycles. The molecule has 162 valence electrons. The topological polar surface area (TPSA) is 54.9 Å². The first kappa shape index (κ1) is 22.1. The van der Waals surface area contributed by atoms with Crippen molar-refractivity contribution in [1.29, 1.82) is 0 Å². The molecule has 5 nitrogen and oxygen atoms in total. The van der Waals surface area contributed by atoms with E-state index in [1.54, 1.807) is 0 Å². The standard InChI is InChI=1S/C24H39N3O2/c1-2-25-24(26-14-6-11-20-7-3-4-8-20)27-18-21-9-5-10-22(17-21)19-29-23-12-15-28-16-13-23/h5,9-10,17,20,23H,2-4,6-8,11-16,18-19H2,1H3,(H2,25,26,27). The third kappa shape index (κ3) is 8.35. The molecular weight excluding hydrogens is 362 g/mol. The van der Waals surface area contributed by atoms with E-state index in [2.05, 4.69) is 41.8 Å². The summed E-state index contributed by atoms with van der Waals surface area (Å²) in [6.45, 7) is 6.99. The summed E-state index contributed by atoms with van der Waals surface area (Å²) < 4.78 is 11.5. The van der Waals surface area contributed by atoms with Gasteiger partial charge < -0.3 is 20.1 Å². The van der Waals surface area contributed by atoms with Crippen LogP contribution in [0.3, 0.4) is 0 Å². The van der Waals surface area contributed by atoms with Gasteiger partial charge in [-0.05, 0) is 49.7 Å². The number of aliphatic imine (C=N–C) groups is 1. The molecule has 3 rings (SSSR count). The lowest BCUT2D eigenvalue weighted by Gasteiger charge is -2.22. The van der Waals surface area contributed by atoms with E-state index in [0.29, 0.717) is 19.3 Å². The SMILES string of the molecule is CCNC(=NCc1cccc(COC2CCOCC2)c1)NCCCC1CCCC1. The minimum Gasteiger partial charge on any atom is -0.381 e. The predicted molar refractivity (Wildman–Crippen MR) is 119 cm³/mol. The fourth-order valence-corrected chi connectivity index (χ4v) is 4.28. The van der Waals surface area contributed by atoms with Crippen LogP contribution in [0.4, 0.5) is 0 Å². The van der Waals surface area contributed by atoms with Crippen LogP contribution in [-0.4, -0.2) is 38.4 Å². The van der Waals surface area contributed by atoms with Gasteiger partial charge in [0.05, 0.1) is 19.3 Å². The van der Waals surface area contributed by atoms with Crippen molar-refractivity contribution in [2.24, 2.45) is 10.9 Å². The van der Waals surface area contributed by atoms with E-state index in [1.165, 1.54) is 49.7 Å². The average Bonchev–Trinajstić information content (AvgIpc) is 3.28. The maximum atomic E-state index is 6.06. The molecule has 2 N–H and O–H groups in total. The Balaban J connectivity index is 1.42. The number of guanidine groups is 1. The van der Waals surface area contributed by atoms with Gasteiger partial charge in [0.2, 0.25) is 0 Å². The van der Waals surface area contributed by atoms with E-state index in [0.717, 1.165) is 51.0 Å². The second-order valence-electron chi connectivity index (χ2n) is 8.36. The van der Waals surface area contributed by atoms with Gasteiger partial charge in [0.15, 0.2) is 5.96 Å². The van der Waals surface area contributed by atoms with E-state index >= 15 is 0 Å². The number of hydrogen-bond acceptors (Lipinski definition) is 3. The molecule has 0 amide bonds. The van der Waals surface area contributed by atoms with Crippen molar-refractivity contribution in [2.75, 3.05) is 26.3 Å². The molecular formula is C24H39N3O2. The third-order valence-electron chi connectivity index (χ3n) is 5.97. The van der Waals surface area contributed by atoms with Gasteiger partial charge in [-0.15, -0.1) is 0 Å². The van der Waals surface area contributed by atoms with Gasteiger partial charge in [-0.3, -0.25) is 0 Å². The van der Waals surface area contributed by atoms with Crippen LogP contribution in [-0.2, 0) is 22.6 Å². The Hall–Kier alpha value is -1.59. The lowest BCUT2D eigenvalue weighted by Crippen LogP contribution is -2.37. The second kappa shape index (κ2) is 12.9. The Kier molecular flexibility index (Phi) is 9.80. The second-order valence-corrected chi connectivity index (χ2v) is 8.36. The van der Waals surface area contributed by atoms with Crippen LogP contribution in [0.5, 0.6) is 0 Å². The van der Waals surface area contributed by atoms with Crippen molar-refractivity contribution in [3.05, 3.63) is 35.4 Å². The van der Waals surface area contributed by atoms with Crippen LogP contribution in [0.2, 0.25) is 0 Å². The van der Waals surface area contributed by atoms with Gasteiger partial charge >= 0.3 is 0 Å². The summed E-state index contributed by atoms with van der Waals surface area (Å²) in [6, 6.07) is 8.60. The zero-order valence-corrected chi connectivity index (χ0v) is 18.1. The Labute approximate surface area is 176 Å². The first-order valence-electron chi connectivity index (χ1n) is 11.6. The van der Waals surface area contributed by atoms with Gasteiger partial charge in [0.25, 0.3) is 0 Å². The van der Waals surface area contributed by atoms with E-state index in [4.69, 9.17) is 14.5 Å². The highest BCUT2D eigenvalue weighted by molar-refractivity contribution is 5.79. The minimum atomic E-state index is 0.333. The molecule has 2 aliphatic rings. The maximum absolute atomic E-state index is 6.06. The van der Waals surface area contributed by atoms with Crippen molar-refractivity contribution in [3.63, 3.8) is 0 Å². The zero-order valence-electron chi connectivity index (χ0n) is 18.1.